The Labute approximate surface area is 119 Å². The topological polar surface area (TPSA) is 17.8 Å². The van der Waals surface area contributed by atoms with Crippen LogP contribution in [0.3, 0.4) is 0 Å². The van der Waals surface area contributed by atoms with Crippen LogP contribution >= 0.6 is 0 Å². The molecule has 0 spiro atoms. The molecular formula is C16H11F3N2. The number of rotatable bonds is 2. The van der Waals surface area contributed by atoms with Crippen molar-refractivity contribution in [3.8, 4) is 16.9 Å². The van der Waals surface area contributed by atoms with Gasteiger partial charge in [0, 0.05) is 11.8 Å². The van der Waals surface area contributed by atoms with E-state index in [1.54, 1.807) is 16.9 Å². The molecule has 1 aromatic heterocycles. The van der Waals surface area contributed by atoms with E-state index in [-0.39, 0.29) is 0 Å². The summed E-state index contributed by atoms with van der Waals surface area (Å²) >= 11 is 0. The van der Waals surface area contributed by atoms with Gasteiger partial charge in [-0.2, -0.15) is 18.3 Å². The molecular weight excluding hydrogens is 277 g/mol. The van der Waals surface area contributed by atoms with E-state index < -0.39 is 11.7 Å². The molecule has 0 saturated heterocycles. The monoisotopic (exact) mass is 288 g/mol. The summed E-state index contributed by atoms with van der Waals surface area (Å²) < 4.78 is 39.3. The van der Waals surface area contributed by atoms with Crippen LogP contribution in [-0.2, 0) is 6.18 Å². The number of benzene rings is 2. The van der Waals surface area contributed by atoms with Crippen molar-refractivity contribution in [1.29, 1.82) is 0 Å². The fourth-order valence-corrected chi connectivity index (χ4v) is 2.03. The van der Waals surface area contributed by atoms with Crippen molar-refractivity contribution in [3.05, 3.63) is 72.4 Å². The molecule has 0 aliphatic rings. The van der Waals surface area contributed by atoms with Crippen molar-refractivity contribution in [1.82, 2.24) is 9.78 Å². The van der Waals surface area contributed by atoms with Crippen molar-refractivity contribution in [2.75, 3.05) is 0 Å². The Morgan fingerprint density at radius 2 is 1.48 bits per heavy atom. The minimum atomic E-state index is -4.32. The van der Waals surface area contributed by atoms with E-state index in [1.165, 1.54) is 12.1 Å². The van der Waals surface area contributed by atoms with Gasteiger partial charge < -0.3 is 0 Å². The van der Waals surface area contributed by atoms with Crippen LogP contribution in [-0.4, -0.2) is 9.78 Å². The van der Waals surface area contributed by atoms with Gasteiger partial charge >= 0.3 is 6.18 Å². The summed E-state index contributed by atoms with van der Waals surface area (Å²) in [6, 6.07) is 16.3. The molecule has 3 rings (SSSR count). The Hall–Kier alpha value is -2.56. The Kier molecular flexibility index (Phi) is 3.25. The van der Waals surface area contributed by atoms with Gasteiger partial charge in [-0.3, -0.25) is 0 Å². The molecule has 0 fully saturated rings. The highest BCUT2D eigenvalue weighted by molar-refractivity contribution is 5.59. The summed E-state index contributed by atoms with van der Waals surface area (Å²) in [7, 11) is 0. The van der Waals surface area contributed by atoms with E-state index in [9.17, 15) is 13.2 Å². The fourth-order valence-electron chi connectivity index (χ4n) is 2.03. The lowest BCUT2D eigenvalue weighted by molar-refractivity contribution is -0.137. The van der Waals surface area contributed by atoms with Gasteiger partial charge in [-0.25, -0.2) is 4.68 Å². The quantitative estimate of drug-likeness (QED) is 0.676. The maximum Gasteiger partial charge on any atom is 0.416 e. The number of nitrogens with zero attached hydrogens (tertiary/aromatic N) is 2. The van der Waals surface area contributed by atoms with Crippen molar-refractivity contribution < 1.29 is 13.2 Å². The minimum Gasteiger partial charge on any atom is -0.240 e. The fraction of sp³-hybridized carbons (Fsp3) is 0.0625. The van der Waals surface area contributed by atoms with Crippen LogP contribution in [0, 0.1) is 0 Å². The van der Waals surface area contributed by atoms with Crippen LogP contribution in [0.2, 0.25) is 0 Å². The molecule has 0 aliphatic heterocycles. The largest absolute Gasteiger partial charge is 0.416 e. The van der Waals surface area contributed by atoms with Crippen LogP contribution in [0.1, 0.15) is 5.56 Å². The predicted molar refractivity (Wildman–Crippen MR) is 74.0 cm³/mol. The Balaban J connectivity index is 1.90. The Bertz CT molecular complexity index is 728. The van der Waals surface area contributed by atoms with E-state index in [2.05, 4.69) is 5.10 Å². The highest BCUT2D eigenvalue weighted by atomic mass is 19.4. The zero-order valence-corrected chi connectivity index (χ0v) is 10.9. The van der Waals surface area contributed by atoms with E-state index in [0.717, 1.165) is 17.8 Å². The zero-order chi connectivity index (χ0) is 14.9. The number of para-hydroxylation sites is 1. The molecule has 2 nitrogen and oxygen atoms in total. The summed E-state index contributed by atoms with van der Waals surface area (Å²) in [5, 5.41) is 4.38. The molecule has 0 radical (unpaired) electrons. The van der Waals surface area contributed by atoms with Gasteiger partial charge in [-0.1, -0.05) is 30.3 Å². The van der Waals surface area contributed by atoms with Crippen molar-refractivity contribution >= 4 is 0 Å². The van der Waals surface area contributed by atoms with E-state index in [1.807, 2.05) is 30.3 Å². The number of hydrogen-bond acceptors (Lipinski definition) is 1. The second-order valence-electron chi connectivity index (χ2n) is 4.56. The van der Waals surface area contributed by atoms with Crippen LogP contribution < -0.4 is 0 Å². The molecule has 0 amide bonds. The number of hydrogen-bond donors (Lipinski definition) is 0. The zero-order valence-electron chi connectivity index (χ0n) is 10.9. The maximum absolute atomic E-state index is 12.5. The molecule has 21 heavy (non-hydrogen) atoms. The second-order valence-corrected chi connectivity index (χ2v) is 4.56. The maximum atomic E-state index is 12.5. The van der Waals surface area contributed by atoms with Crippen LogP contribution in [0.5, 0.6) is 0 Å². The number of aromatic nitrogens is 2. The van der Waals surface area contributed by atoms with E-state index in [0.29, 0.717) is 11.3 Å². The summed E-state index contributed by atoms with van der Waals surface area (Å²) in [5.74, 6) is 0. The molecule has 0 N–H and O–H groups in total. The molecule has 106 valence electrons. The molecule has 0 saturated carbocycles. The first-order valence-corrected chi connectivity index (χ1v) is 6.33. The predicted octanol–water partition coefficient (Wildman–Crippen LogP) is 4.56. The smallest absolute Gasteiger partial charge is 0.240 e. The van der Waals surface area contributed by atoms with Gasteiger partial charge in [0.05, 0.1) is 16.9 Å². The van der Waals surface area contributed by atoms with Gasteiger partial charge in [0.15, 0.2) is 0 Å². The van der Waals surface area contributed by atoms with E-state index >= 15 is 0 Å². The molecule has 0 aliphatic carbocycles. The van der Waals surface area contributed by atoms with Gasteiger partial charge in [0.2, 0.25) is 0 Å². The van der Waals surface area contributed by atoms with Gasteiger partial charge in [-0.05, 0) is 30.3 Å². The van der Waals surface area contributed by atoms with E-state index in [4.69, 9.17) is 0 Å². The second kappa shape index (κ2) is 5.09. The highest BCUT2D eigenvalue weighted by Crippen LogP contribution is 2.30. The van der Waals surface area contributed by atoms with Crippen molar-refractivity contribution in [3.63, 3.8) is 0 Å². The van der Waals surface area contributed by atoms with Crippen LogP contribution in [0.15, 0.2) is 66.9 Å². The standard InChI is InChI=1S/C16H11F3N2/c17-16(18,19)13-8-6-12(7-9-13)15-10-11-21(20-15)14-4-2-1-3-5-14/h1-11H. The summed E-state index contributed by atoms with van der Waals surface area (Å²) in [5.41, 5.74) is 1.52. The summed E-state index contributed by atoms with van der Waals surface area (Å²) in [6.45, 7) is 0. The van der Waals surface area contributed by atoms with Gasteiger partial charge in [-0.15, -0.1) is 0 Å². The Morgan fingerprint density at radius 1 is 0.810 bits per heavy atom. The van der Waals surface area contributed by atoms with Crippen LogP contribution in [0.4, 0.5) is 13.2 Å². The molecule has 0 bridgehead atoms. The first kappa shape index (κ1) is 13.4. The van der Waals surface area contributed by atoms with Gasteiger partial charge in [0.1, 0.15) is 0 Å². The molecule has 1 heterocycles. The minimum absolute atomic E-state index is 0.632. The highest BCUT2D eigenvalue weighted by Gasteiger charge is 2.30. The normalized spacial score (nSPS) is 11.6. The Morgan fingerprint density at radius 3 is 2.10 bits per heavy atom. The summed E-state index contributed by atoms with van der Waals surface area (Å²) in [6.07, 6.45) is -2.54. The van der Waals surface area contributed by atoms with Gasteiger partial charge in [0.25, 0.3) is 0 Å². The first-order chi connectivity index (χ1) is 10.0. The molecule has 0 unspecified atom stereocenters. The lowest BCUT2D eigenvalue weighted by Crippen LogP contribution is -2.04. The van der Waals surface area contributed by atoms with Crippen LogP contribution in [0.25, 0.3) is 16.9 Å². The third kappa shape index (κ3) is 2.81. The third-order valence-corrected chi connectivity index (χ3v) is 3.12. The lowest BCUT2D eigenvalue weighted by atomic mass is 10.1. The molecule has 5 heteroatoms. The van der Waals surface area contributed by atoms with Crippen molar-refractivity contribution in [2.24, 2.45) is 0 Å². The molecule has 0 atom stereocenters. The lowest BCUT2D eigenvalue weighted by Gasteiger charge is -2.06. The molecule has 2 aromatic carbocycles. The average Bonchev–Trinajstić information content (AvgIpc) is 2.97. The molecule has 3 aromatic rings. The number of alkyl halides is 3. The number of halogens is 3. The average molecular weight is 288 g/mol. The SMILES string of the molecule is FC(F)(F)c1ccc(-c2ccn(-c3ccccc3)n2)cc1. The van der Waals surface area contributed by atoms with Crippen molar-refractivity contribution in [2.45, 2.75) is 6.18 Å². The first-order valence-electron chi connectivity index (χ1n) is 6.33. The third-order valence-electron chi connectivity index (χ3n) is 3.12. The summed E-state index contributed by atoms with van der Waals surface area (Å²) in [4.78, 5) is 0.